The largest absolute Gasteiger partial charge is 0.370 e. The molecule has 2 N–H and O–H groups in total. The number of aliphatic imine (C=N–C) groups is 1. The van der Waals surface area contributed by atoms with Gasteiger partial charge in [0.25, 0.3) is 0 Å². The van der Waals surface area contributed by atoms with Gasteiger partial charge in [-0.05, 0) is 46.8 Å². The quantitative estimate of drug-likeness (QED) is 0.669. The zero-order valence-corrected chi connectivity index (χ0v) is 13.8. The molecule has 21 heavy (non-hydrogen) atoms. The van der Waals surface area contributed by atoms with Gasteiger partial charge < -0.3 is 15.0 Å². The first-order valence-electron chi connectivity index (χ1n) is 7.30. The number of rotatable bonds is 2. The lowest BCUT2D eigenvalue weighted by atomic mass is 10.00. The van der Waals surface area contributed by atoms with Crippen LogP contribution in [0.1, 0.15) is 25.5 Å². The number of pyridine rings is 1. The fourth-order valence-corrected chi connectivity index (χ4v) is 2.95. The SMILES string of the molecule is CC1CCN(C(N)=NCc2cn3cc(Br)ccc3n2)CC1. The number of nitrogens with zero attached hydrogens (tertiary/aromatic N) is 4. The van der Waals surface area contributed by atoms with E-state index < -0.39 is 0 Å². The summed E-state index contributed by atoms with van der Waals surface area (Å²) in [6.45, 7) is 4.83. The summed E-state index contributed by atoms with van der Waals surface area (Å²) in [6, 6.07) is 3.96. The Hall–Kier alpha value is -1.56. The molecule has 0 unspecified atom stereocenters. The minimum absolute atomic E-state index is 0.525. The molecule has 1 aliphatic rings. The molecule has 0 amide bonds. The highest BCUT2D eigenvalue weighted by Crippen LogP contribution is 2.16. The Labute approximate surface area is 133 Å². The molecule has 0 spiro atoms. The number of fused-ring (bicyclic) bond motifs is 1. The fraction of sp³-hybridized carbons (Fsp3) is 0.467. The third kappa shape index (κ3) is 3.37. The number of aromatic nitrogens is 2. The van der Waals surface area contributed by atoms with E-state index in [2.05, 4.69) is 37.7 Å². The van der Waals surface area contributed by atoms with Crippen molar-refractivity contribution in [1.29, 1.82) is 0 Å². The minimum Gasteiger partial charge on any atom is -0.370 e. The monoisotopic (exact) mass is 349 g/mol. The summed E-state index contributed by atoms with van der Waals surface area (Å²) in [7, 11) is 0. The van der Waals surface area contributed by atoms with E-state index in [1.807, 2.05) is 28.9 Å². The van der Waals surface area contributed by atoms with Crippen LogP contribution < -0.4 is 5.73 Å². The molecule has 6 heteroatoms. The Morgan fingerprint density at radius 1 is 1.38 bits per heavy atom. The molecule has 0 radical (unpaired) electrons. The van der Waals surface area contributed by atoms with Gasteiger partial charge >= 0.3 is 0 Å². The number of halogens is 1. The molecule has 0 bridgehead atoms. The maximum atomic E-state index is 6.09. The van der Waals surface area contributed by atoms with E-state index in [0.717, 1.165) is 34.8 Å². The van der Waals surface area contributed by atoms with E-state index in [9.17, 15) is 0 Å². The van der Waals surface area contributed by atoms with Crippen molar-refractivity contribution in [3.8, 4) is 0 Å². The first kappa shape index (κ1) is 14.4. The molecular formula is C15H20BrN5. The van der Waals surface area contributed by atoms with Gasteiger partial charge in [0.05, 0.1) is 12.2 Å². The fourth-order valence-electron chi connectivity index (χ4n) is 2.59. The number of piperidine rings is 1. The van der Waals surface area contributed by atoms with Crippen molar-refractivity contribution in [3.05, 3.63) is 34.7 Å². The van der Waals surface area contributed by atoms with E-state index in [1.165, 1.54) is 12.8 Å². The Bertz CT molecular complexity index is 655. The number of hydrogen-bond acceptors (Lipinski definition) is 2. The Kier molecular flexibility index (Phi) is 4.14. The molecule has 0 saturated carbocycles. The van der Waals surface area contributed by atoms with Gasteiger partial charge in [0.1, 0.15) is 5.65 Å². The van der Waals surface area contributed by atoms with Crippen LogP contribution in [0.25, 0.3) is 5.65 Å². The summed E-state index contributed by atoms with van der Waals surface area (Å²) >= 11 is 3.46. The van der Waals surface area contributed by atoms with Crippen LogP contribution in [0, 0.1) is 5.92 Å². The standard InChI is InChI=1S/C15H20BrN5/c1-11-4-6-20(7-5-11)15(17)18-8-13-10-21-9-12(16)2-3-14(21)19-13/h2-3,9-11H,4-8H2,1H3,(H2,17,18). The highest BCUT2D eigenvalue weighted by molar-refractivity contribution is 9.10. The van der Waals surface area contributed by atoms with Crippen LogP contribution in [0.15, 0.2) is 34.0 Å². The molecule has 0 atom stereocenters. The number of likely N-dealkylation sites (tertiary alicyclic amines) is 1. The molecule has 3 heterocycles. The lowest BCUT2D eigenvalue weighted by molar-refractivity contribution is 0.277. The molecule has 3 rings (SSSR count). The first-order valence-corrected chi connectivity index (χ1v) is 8.09. The van der Waals surface area contributed by atoms with Gasteiger partial charge in [-0.3, -0.25) is 0 Å². The normalized spacial score (nSPS) is 17.6. The molecular weight excluding hydrogens is 330 g/mol. The molecule has 1 fully saturated rings. The summed E-state index contributed by atoms with van der Waals surface area (Å²) in [6.07, 6.45) is 6.37. The van der Waals surface area contributed by atoms with Gasteiger partial charge in [0.2, 0.25) is 0 Å². The van der Waals surface area contributed by atoms with Crippen molar-refractivity contribution in [2.24, 2.45) is 16.6 Å². The maximum Gasteiger partial charge on any atom is 0.191 e. The second-order valence-corrected chi connectivity index (χ2v) is 6.60. The van der Waals surface area contributed by atoms with E-state index >= 15 is 0 Å². The Morgan fingerprint density at radius 2 is 2.14 bits per heavy atom. The van der Waals surface area contributed by atoms with Crippen LogP contribution in [0.5, 0.6) is 0 Å². The molecule has 1 aliphatic heterocycles. The molecule has 2 aromatic heterocycles. The smallest absolute Gasteiger partial charge is 0.191 e. The lowest BCUT2D eigenvalue weighted by Gasteiger charge is -2.30. The van der Waals surface area contributed by atoms with Gasteiger partial charge in [-0.15, -0.1) is 0 Å². The highest BCUT2D eigenvalue weighted by atomic mass is 79.9. The zero-order valence-electron chi connectivity index (χ0n) is 12.2. The van der Waals surface area contributed by atoms with E-state index in [1.54, 1.807) is 0 Å². The van der Waals surface area contributed by atoms with Gasteiger partial charge in [0, 0.05) is 30.0 Å². The summed E-state index contributed by atoms with van der Waals surface area (Å²) in [5.74, 6) is 1.44. The van der Waals surface area contributed by atoms with E-state index in [-0.39, 0.29) is 0 Å². The van der Waals surface area contributed by atoms with Gasteiger partial charge in [0.15, 0.2) is 5.96 Å². The van der Waals surface area contributed by atoms with Gasteiger partial charge in [-0.2, -0.15) is 0 Å². The highest BCUT2D eigenvalue weighted by Gasteiger charge is 2.16. The van der Waals surface area contributed by atoms with E-state index in [4.69, 9.17) is 5.73 Å². The average molecular weight is 350 g/mol. The van der Waals surface area contributed by atoms with Crippen molar-refractivity contribution in [1.82, 2.24) is 14.3 Å². The molecule has 0 aromatic carbocycles. The topological polar surface area (TPSA) is 58.9 Å². The molecule has 112 valence electrons. The number of hydrogen-bond donors (Lipinski definition) is 1. The second kappa shape index (κ2) is 6.05. The summed E-state index contributed by atoms with van der Waals surface area (Å²) in [4.78, 5) is 11.2. The predicted molar refractivity (Wildman–Crippen MR) is 88.2 cm³/mol. The van der Waals surface area contributed by atoms with Crippen LogP contribution in [0.4, 0.5) is 0 Å². The number of imidazole rings is 1. The van der Waals surface area contributed by atoms with Crippen molar-refractivity contribution < 1.29 is 0 Å². The van der Waals surface area contributed by atoms with Crippen molar-refractivity contribution in [2.75, 3.05) is 13.1 Å². The number of guanidine groups is 1. The number of nitrogens with two attached hydrogens (primary N) is 1. The zero-order chi connectivity index (χ0) is 14.8. The van der Waals surface area contributed by atoms with Crippen LogP contribution in [-0.2, 0) is 6.54 Å². The third-order valence-corrected chi connectivity index (χ3v) is 4.44. The van der Waals surface area contributed by atoms with Gasteiger partial charge in [-0.1, -0.05) is 6.92 Å². The minimum atomic E-state index is 0.525. The van der Waals surface area contributed by atoms with Gasteiger partial charge in [-0.25, -0.2) is 9.98 Å². The summed E-state index contributed by atoms with van der Waals surface area (Å²) < 4.78 is 3.03. The van der Waals surface area contributed by atoms with Crippen molar-refractivity contribution in [3.63, 3.8) is 0 Å². The maximum absolute atomic E-state index is 6.09. The first-order chi connectivity index (χ1) is 10.1. The lowest BCUT2D eigenvalue weighted by Crippen LogP contribution is -2.42. The van der Waals surface area contributed by atoms with Crippen LogP contribution >= 0.6 is 15.9 Å². The summed E-state index contributed by atoms with van der Waals surface area (Å²) in [5, 5.41) is 0. The molecule has 0 aliphatic carbocycles. The predicted octanol–water partition coefficient (Wildman–Crippen LogP) is 2.64. The van der Waals surface area contributed by atoms with E-state index in [0.29, 0.717) is 12.5 Å². The van der Waals surface area contributed by atoms with Crippen LogP contribution in [0.2, 0.25) is 0 Å². The Balaban J connectivity index is 1.68. The van der Waals surface area contributed by atoms with Crippen molar-refractivity contribution >= 4 is 27.5 Å². The van der Waals surface area contributed by atoms with Crippen LogP contribution in [0.3, 0.4) is 0 Å². The van der Waals surface area contributed by atoms with Crippen LogP contribution in [-0.4, -0.2) is 33.3 Å². The van der Waals surface area contributed by atoms with Crippen molar-refractivity contribution in [2.45, 2.75) is 26.3 Å². The third-order valence-electron chi connectivity index (χ3n) is 3.98. The Morgan fingerprint density at radius 3 is 2.90 bits per heavy atom. The average Bonchev–Trinajstić information content (AvgIpc) is 2.87. The summed E-state index contributed by atoms with van der Waals surface area (Å²) in [5.41, 5.74) is 7.95. The molecule has 1 saturated heterocycles. The molecule has 5 nitrogen and oxygen atoms in total. The second-order valence-electron chi connectivity index (χ2n) is 5.69. The molecule has 2 aromatic rings.